The fourth-order valence-corrected chi connectivity index (χ4v) is 12.2. The van der Waals surface area contributed by atoms with E-state index in [1.54, 1.807) is 0 Å². The molecule has 0 saturated heterocycles. The van der Waals surface area contributed by atoms with E-state index in [1.165, 1.54) is 60.0 Å². The Kier molecular flexibility index (Phi) is 8.13. The molecule has 2 heterocycles. The number of fused-ring (bicyclic) bond motifs is 16. The van der Waals surface area contributed by atoms with Gasteiger partial charge in [0.1, 0.15) is 22.3 Å². The van der Waals surface area contributed by atoms with Crippen molar-refractivity contribution in [1.82, 2.24) is 0 Å². The van der Waals surface area contributed by atoms with Crippen molar-refractivity contribution in [1.29, 1.82) is 0 Å². The van der Waals surface area contributed by atoms with Crippen LogP contribution in [0.1, 0.15) is 25.0 Å². The quantitative estimate of drug-likeness (QED) is 0.161. The van der Waals surface area contributed by atoms with Crippen LogP contribution in [0.25, 0.3) is 120 Å². The second-order valence-electron chi connectivity index (χ2n) is 19.5. The van der Waals surface area contributed by atoms with Gasteiger partial charge in [-0.2, -0.15) is 0 Å². The first kappa shape index (κ1) is 39.1. The second-order valence-corrected chi connectivity index (χ2v) is 19.5. The van der Waals surface area contributed by atoms with Gasteiger partial charge in [-0.3, -0.25) is 0 Å². The van der Waals surface area contributed by atoms with Gasteiger partial charge in [0, 0.05) is 44.1 Å². The minimum absolute atomic E-state index is 0.178. The van der Waals surface area contributed by atoms with Gasteiger partial charge in [-0.15, -0.1) is 0 Å². The molecule has 0 bridgehead atoms. The number of rotatable bonds is 5. The van der Waals surface area contributed by atoms with Crippen LogP contribution in [0.2, 0.25) is 0 Å². The Balaban J connectivity index is 0.967. The van der Waals surface area contributed by atoms with Gasteiger partial charge >= 0.3 is 0 Å². The summed E-state index contributed by atoms with van der Waals surface area (Å²) >= 11 is 0. The summed E-state index contributed by atoms with van der Waals surface area (Å²) in [5.41, 5.74) is 16.2. The van der Waals surface area contributed by atoms with Crippen molar-refractivity contribution in [3.05, 3.63) is 236 Å². The highest BCUT2D eigenvalue weighted by Gasteiger charge is 2.36. The third-order valence-electron chi connectivity index (χ3n) is 15.4. The van der Waals surface area contributed by atoms with E-state index in [1.807, 2.05) is 12.1 Å². The van der Waals surface area contributed by atoms with Gasteiger partial charge in [0.25, 0.3) is 0 Å². The molecule has 0 aliphatic heterocycles. The van der Waals surface area contributed by atoms with Gasteiger partial charge < -0.3 is 13.7 Å². The Hall–Kier alpha value is -8.92. The van der Waals surface area contributed by atoms with E-state index in [0.717, 1.165) is 88.6 Å². The van der Waals surface area contributed by atoms with E-state index in [9.17, 15) is 0 Å². The van der Waals surface area contributed by atoms with Crippen molar-refractivity contribution in [3.63, 3.8) is 0 Å². The Morgan fingerprint density at radius 2 is 0.914 bits per heavy atom. The normalized spacial score (nSPS) is 13.1. The third kappa shape index (κ3) is 5.52. The number of nitrogens with zero attached hydrogens (tertiary/aromatic N) is 1. The van der Waals surface area contributed by atoms with Gasteiger partial charge in [0.15, 0.2) is 0 Å². The third-order valence-corrected chi connectivity index (χ3v) is 15.4. The molecule has 328 valence electrons. The molecule has 0 atom stereocenters. The number of anilines is 3. The molecule has 0 N–H and O–H groups in total. The first-order valence-corrected chi connectivity index (χ1v) is 24.2. The van der Waals surface area contributed by atoms with E-state index in [4.69, 9.17) is 8.83 Å². The van der Waals surface area contributed by atoms with Gasteiger partial charge in [-0.25, -0.2) is 0 Å². The number of hydrogen-bond acceptors (Lipinski definition) is 3. The molecule has 0 unspecified atom stereocenters. The lowest BCUT2D eigenvalue weighted by Gasteiger charge is -2.29. The number of para-hydroxylation sites is 2. The smallest absolute Gasteiger partial charge is 0.143 e. The maximum absolute atomic E-state index is 7.23. The Bertz CT molecular complexity index is 4480. The lowest BCUT2D eigenvalue weighted by atomic mass is 9.82. The van der Waals surface area contributed by atoms with Gasteiger partial charge in [0.2, 0.25) is 0 Å². The van der Waals surface area contributed by atoms with E-state index < -0.39 is 0 Å². The summed E-state index contributed by atoms with van der Waals surface area (Å²) in [5.74, 6) is 0. The Labute approximate surface area is 404 Å². The standard InChI is InChI=1S/C67H43NO2/c1-67(2)58-25-11-9-21-52(58)53-36-34-44(39-59(53)67)68(43-32-29-40(30-33-43)46-23-13-24-55-54-22-10-12-27-61(54)69-65(46)55)60-26-14-28-62-64(60)57-37-41-15-3-4-16-45(41)63(66(57)70-62)42-31-35-51-49-19-6-5-17-47(49)48-18-7-8-20-50(48)56(51)38-42/h3-39H,1-2H3. The highest BCUT2D eigenvalue weighted by molar-refractivity contribution is 6.27. The van der Waals surface area contributed by atoms with Crippen molar-refractivity contribution < 1.29 is 8.83 Å². The first-order chi connectivity index (χ1) is 34.5. The zero-order valence-corrected chi connectivity index (χ0v) is 38.6. The number of benzene rings is 12. The molecular formula is C67H43NO2. The molecule has 3 nitrogen and oxygen atoms in total. The predicted octanol–water partition coefficient (Wildman–Crippen LogP) is 19.2. The van der Waals surface area contributed by atoms with Crippen molar-refractivity contribution >= 4 is 104 Å². The predicted molar refractivity (Wildman–Crippen MR) is 294 cm³/mol. The van der Waals surface area contributed by atoms with Gasteiger partial charge in [0.05, 0.1) is 11.1 Å². The van der Waals surface area contributed by atoms with Crippen molar-refractivity contribution in [2.45, 2.75) is 19.3 Å². The molecule has 0 saturated carbocycles. The minimum Gasteiger partial charge on any atom is -0.455 e. The Morgan fingerprint density at radius 3 is 1.71 bits per heavy atom. The molecule has 3 heteroatoms. The lowest BCUT2D eigenvalue weighted by Crippen LogP contribution is -2.16. The zero-order valence-electron chi connectivity index (χ0n) is 38.6. The van der Waals surface area contributed by atoms with Crippen molar-refractivity contribution in [2.75, 3.05) is 4.90 Å². The maximum atomic E-state index is 7.23. The van der Waals surface area contributed by atoms with Crippen LogP contribution in [-0.2, 0) is 5.41 Å². The summed E-state index contributed by atoms with van der Waals surface area (Å²) in [4.78, 5) is 2.43. The molecule has 2 aromatic heterocycles. The summed E-state index contributed by atoms with van der Waals surface area (Å²) in [6, 6.07) is 81.9. The highest BCUT2D eigenvalue weighted by atomic mass is 16.3. The Morgan fingerprint density at radius 1 is 0.343 bits per heavy atom. The summed E-state index contributed by atoms with van der Waals surface area (Å²) in [7, 11) is 0. The van der Waals surface area contributed by atoms with Crippen LogP contribution in [-0.4, -0.2) is 0 Å². The van der Waals surface area contributed by atoms with Crippen LogP contribution in [0.4, 0.5) is 17.1 Å². The molecule has 0 fully saturated rings. The zero-order chi connectivity index (χ0) is 46.2. The molecule has 0 radical (unpaired) electrons. The fraction of sp³-hybridized carbons (Fsp3) is 0.0448. The molecule has 0 amide bonds. The fourth-order valence-electron chi connectivity index (χ4n) is 12.2. The molecule has 70 heavy (non-hydrogen) atoms. The van der Waals surface area contributed by atoms with Crippen LogP contribution in [0, 0.1) is 0 Å². The van der Waals surface area contributed by atoms with E-state index in [0.29, 0.717) is 0 Å². The topological polar surface area (TPSA) is 29.5 Å². The summed E-state index contributed by atoms with van der Waals surface area (Å²) < 4.78 is 13.8. The summed E-state index contributed by atoms with van der Waals surface area (Å²) in [5, 5.41) is 14.3. The van der Waals surface area contributed by atoms with Gasteiger partial charge in [-0.1, -0.05) is 184 Å². The monoisotopic (exact) mass is 893 g/mol. The van der Waals surface area contributed by atoms with Crippen LogP contribution in [0.3, 0.4) is 0 Å². The lowest BCUT2D eigenvalue weighted by molar-refractivity contribution is 0.660. The minimum atomic E-state index is -0.178. The largest absolute Gasteiger partial charge is 0.455 e. The first-order valence-electron chi connectivity index (χ1n) is 24.2. The van der Waals surface area contributed by atoms with Crippen molar-refractivity contribution in [3.8, 4) is 33.4 Å². The average Bonchev–Trinajstić information content (AvgIpc) is 4.06. The van der Waals surface area contributed by atoms with Gasteiger partial charge in [-0.05, 0) is 131 Å². The summed E-state index contributed by atoms with van der Waals surface area (Å²) in [6.45, 7) is 4.71. The van der Waals surface area contributed by atoms with E-state index in [-0.39, 0.29) is 5.41 Å². The van der Waals surface area contributed by atoms with Crippen LogP contribution in [0.15, 0.2) is 233 Å². The second kappa shape index (κ2) is 14.5. The molecule has 12 aromatic carbocycles. The number of furan rings is 2. The van der Waals surface area contributed by atoms with E-state index in [2.05, 4.69) is 231 Å². The molecule has 0 spiro atoms. The molecular weight excluding hydrogens is 851 g/mol. The van der Waals surface area contributed by atoms with Crippen LogP contribution >= 0.6 is 0 Å². The number of hydrogen-bond donors (Lipinski definition) is 0. The van der Waals surface area contributed by atoms with Crippen LogP contribution < -0.4 is 4.90 Å². The molecule has 1 aliphatic rings. The van der Waals surface area contributed by atoms with E-state index >= 15 is 0 Å². The summed E-state index contributed by atoms with van der Waals surface area (Å²) in [6.07, 6.45) is 0. The molecule has 14 aromatic rings. The molecule has 15 rings (SSSR count). The molecule has 1 aliphatic carbocycles. The maximum Gasteiger partial charge on any atom is 0.143 e. The van der Waals surface area contributed by atoms with Crippen LogP contribution in [0.5, 0.6) is 0 Å². The average molecular weight is 894 g/mol. The van der Waals surface area contributed by atoms with Crippen molar-refractivity contribution in [2.24, 2.45) is 0 Å². The highest BCUT2D eigenvalue weighted by Crippen LogP contribution is 2.53. The SMILES string of the molecule is CC1(C)c2ccccc2-c2ccc(N(c3ccc(-c4cccc5c4oc4ccccc45)cc3)c3cccc4oc5c(-c6ccc7c8ccccc8c8ccccc8c7c6)c6ccccc6cc5c34)cc21.